The van der Waals surface area contributed by atoms with Crippen LogP contribution in [-0.2, 0) is 9.53 Å². The highest BCUT2D eigenvalue weighted by atomic mass is 35.5. The summed E-state index contributed by atoms with van der Waals surface area (Å²) in [6, 6.07) is 7.53. The lowest BCUT2D eigenvalue weighted by molar-refractivity contribution is -0.124. The third kappa shape index (κ3) is 4.47. The van der Waals surface area contributed by atoms with Gasteiger partial charge in [0.25, 0.3) is 11.8 Å². The number of carbonyl (C=O) groups excluding carboxylic acids is 1. The van der Waals surface area contributed by atoms with Crippen LogP contribution in [0.25, 0.3) is 11.5 Å². The Balaban J connectivity index is 0.00000210. The number of rotatable bonds is 4. The molecule has 2 unspecified atom stereocenters. The standard InChI is InChI=1S/C18H23N5O3.ClH/c1-23-8-7-19-11-14(23)16-21-18(26-22-16)12-4-2-5-13(10-12)20-17(24)15-6-3-9-25-15;/h2,4-5,10,14-15,19H,3,6-9,11H2,1H3,(H,20,24);1H. The molecule has 1 amide bonds. The third-order valence-corrected chi connectivity index (χ3v) is 4.85. The number of nitrogens with one attached hydrogen (secondary N) is 2. The van der Waals surface area contributed by atoms with Crippen LogP contribution in [0.4, 0.5) is 5.69 Å². The largest absolute Gasteiger partial charge is 0.368 e. The predicted molar refractivity (Wildman–Crippen MR) is 103 cm³/mol. The van der Waals surface area contributed by atoms with Gasteiger partial charge in [-0.1, -0.05) is 11.2 Å². The van der Waals surface area contributed by atoms with Gasteiger partial charge in [-0.15, -0.1) is 12.4 Å². The molecule has 2 N–H and O–H groups in total. The van der Waals surface area contributed by atoms with E-state index in [-0.39, 0.29) is 30.5 Å². The summed E-state index contributed by atoms with van der Waals surface area (Å²) in [6.07, 6.45) is 1.33. The van der Waals surface area contributed by atoms with Crippen LogP contribution in [0.1, 0.15) is 24.7 Å². The SMILES string of the molecule is CN1CCNCC1c1noc(-c2cccc(NC(=O)C3CCCO3)c2)n1.Cl. The Hall–Kier alpha value is -2.00. The van der Waals surface area contributed by atoms with E-state index in [1.807, 2.05) is 24.3 Å². The van der Waals surface area contributed by atoms with Crippen molar-refractivity contribution in [2.45, 2.75) is 25.0 Å². The molecule has 0 aliphatic carbocycles. The van der Waals surface area contributed by atoms with E-state index < -0.39 is 0 Å². The highest BCUT2D eigenvalue weighted by molar-refractivity contribution is 5.94. The van der Waals surface area contributed by atoms with E-state index in [2.05, 4.69) is 32.7 Å². The molecule has 8 nitrogen and oxygen atoms in total. The van der Waals surface area contributed by atoms with Gasteiger partial charge in [0.15, 0.2) is 5.82 Å². The fourth-order valence-corrected chi connectivity index (χ4v) is 3.32. The van der Waals surface area contributed by atoms with Crippen LogP contribution < -0.4 is 10.6 Å². The number of benzene rings is 1. The van der Waals surface area contributed by atoms with Crippen LogP contribution in [0, 0.1) is 0 Å². The van der Waals surface area contributed by atoms with Crippen LogP contribution in [-0.4, -0.2) is 60.3 Å². The van der Waals surface area contributed by atoms with Crippen molar-refractivity contribution in [2.75, 3.05) is 38.6 Å². The van der Waals surface area contributed by atoms with Gasteiger partial charge in [0.05, 0.1) is 6.04 Å². The second-order valence-electron chi connectivity index (χ2n) is 6.73. The highest BCUT2D eigenvalue weighted by Gasteiger charge is 2.26. The molecule has 1 aromatic heterocycles. The van der Waals surface area contributed by atoms with Crippen LogP contribution in [0.3, 0.4) is 0 Å². The Morgan fingerprint density at radius 2 is 2.30 bits per heavy atom. The molecule has 0 bridgehead atoms. The topological polar surface area (TPSA) is 92.5 Å². The number of hydrogen-bond acceptors (Lipinski definition) is 7. The molecule has 2 aliphatic heterocycles. The van der Waals surface area contributed by atoms with E-state index in [1.165, 1.54) is 0 Å². The lowest BCUT2D eigenvalue weighted by Crippen LogP contribution is -2.44. The van der Waals surface area contributed by atoms with E-state index in [4.69, 9.17) is 9.26 Å². The molecule has 0 radical (unpaired) electrons. The van der Waals surface area contributed by atoms with Crippen LogP contribution >= 0.6 is 12.4 Å². The van der Waals surface area contributed by atoms with Gasteiger partial charge in [-0.3, -0.25) is 9.69 Å². The molecule has 2 aliphatic rings. The van der Waals surface area contributed by atoms with E-state index in [0.29, 0.717) is 24.0 Å². The molecule has 1 aromatic carbocycles. The van der Waals surface area contributed by atoms with E-state index in [9.17, 15) is 4.79 Å². The summed E-state index contributed by atoms with van der Waals surface area (Å²) in [4.78, 5) is 19.0. The summed E-state index contributed by atoms with van der Waals surface area (Å²) in [5.74, 6) is 1.01. The van der Waals surface area contributed by atoms with Crippen molar-refractivity contribution in [1.29, 1.82) is 0 Å². The number of nitrogens with zero attached hydrogens (tertiary/aromatic N) is 3. The second kappa shape index (κ2) is 8.79. The minimum absolute atomic E-state index is 0. The van der Waals surface area contributed by atoms with E-state index in [1.54, 1.807) is 0 Å². The maximum absolute atomic E-state index is 12.2. The molecule has 9 heteroatoms. The lowest BCUT2D eigenvalue weighted by atomic mass is 10.1. The molecule has 27 heavy (non-hydrogen) atoms. The van der Waals surface area contributed by atoms with Crippen LogP contribution in [0.5, 0.6) is 0 Å². The Labute approximate surface area is 164 Å². The number of hydrogen-bond donors (Lipinski definition) is 2. The summed E-state index contributed by atoms with van der Waals surface area (Å²) in [7, 11) is 2.06. The van der Waals surface area contributed by atoms with Gasteiger partial charge >= 0.3 is 0 Å². The van der Waals surface area contributed by atoms with Gasteiger partial charge in [-0.25, -0.2) is 0 Å². The number of carbonyl (C=O) groups is 1. The summed E-state index contributed by atoms with van der Waals surface area (Å²) < 4.78 is 10.9. The number of amides is 1. The van der Waals surface area contributed by atoms with Crippen molar-refractivity contribution in [3.8, 4) is 11.5 Å². The van der Waals surface area contributed by atoms with Crippen molar-refractivity contribution in [3.05, 3.63) is 30.1 Å². The zero-order valence-corrected chi connectivity index (χ0v) is 16.0. The third-order valence-electron chi connectivity index (χ3n) is 4.85. The molecule has 4 rings (SSSR count). The first-order valence-electron chi connectivity index (χ1n) is 8.98. The number of halogens is 1. The normalized spacial score (nSPS) is 23.0. The molecule has 0 spiro atoms. The molecule has 2 aromatic rings. The van der Waals surface area contributed by atoms with Gasteiger partial charge in [0, 0.05) is 37.5 Å². The molecule has 2 fully saturated rings. The number of ether oxygens (including phenoxy) is 1. The number of aromatic nitrogens is 2. The van der Waals surface area contributed by atoms with Gasteiger partial charge in [0.2, 0.25) is 0 Å². The average Bonchev–Trinajstić information content (AvgIpc) is 3.35. The summed E-state index contributed by atoms with van der Waals surface area (Å²) in [5.41, 5.74) is 1.47. The quantitative estimate of drug-likeness (QED) is 0.818. The molecule has 2 saturated heterocycles. The number of likely N-dealkylation sites (N-methyl/N-ethyl adjacent to an activating group) is 1. The van der Waals surface area contributed by atoms with Crippen molar-refractivity contribution < 1.29 is 14.1 Å². The lowest BCUT2D eigenvalue weighted by Gasteiger charge is -2.30. The fourth-order valence-electron chi connectivity index (χ4n) is 3.32. The molecular formula is C18H24ClN5O3. The molecule has 146 valence electrons. The molecule has 0 saturated carbocycles. The first-order valence-corrected chi connectivity index (χ1v) is 8.98. The van der Waals surface area contributed by atoms with Gasteiger partial charge in [-0.2, -0.15) is 4.98 Å². The van der Waals surface area contributed by atoms with Crippen molar-refractivity contribution in [3.63, 3.8) is 0 Å². The van der Waals surface area contributed by atoms with Crippen LogP contribution in [0.15, 0.2) is 28.8 Å². The molecule has 3 heterocycles. The molecular weight excluding hydrogens is 370 g/mol. The number of piperazine rings is 1. The van der Waals surface area contributed by atoms with Gasteiger partial charge in [0.1, 0.15) is 6.10 Å². The first kappa shape index (κ1) is 19.8. The summed E-state index contributed by atoms with van der Waals surface area (Å²) >= 11 is 0. The average molecular weight is 394 g/mol. The maximum Gasteiger partial charge on any atom is 0.258 e. The fraction of sp³-hybridized carbons (Fsp3) is 0.500. The van der Waals surface area contributed by atoms with E-state index in [0.717, 1.165) is 38.0 Å². The molecule has 2 atom stereocenters. The Morgan fingerprint density at radius 1 is 1.41 bits per heavy atom. The number of anilines is 1. The summed E-state index contributed by atoms with van der Waals surface area (Å²) in [6.45, 7) is 3.35. The first-order chi connectivity index (χ1) is 12.7. The maximum atomic E-state index is 12.2. The Kier molecular flexibility index (Phi) is 6.43. The second-order valence-corrected chi connectivity index (χ2v) is 6.73. The predicted octanol–water partition coefficient (Wildman–Crippen LogP) is 1.85. The van der Waals surface area contributed by atoms with Crippen LogP contribution in [0.2, 0.25) is 0 Å². The zero-order valence-electron chi connectivity index (χ0n) is 15.2. The minimum Gasteiger partial charge on any atom is -0.368 e. The van der Waals surface area contributed by atoms with Crippen molar-refractivity contribution in [2.24, 2.45) is 0 Å². The Bertz CT molecular complexity index is 778. The zero-order chi connectivity index (χ0) is 17.9. The van der Waals surface area contributed by atoms with Gasteiger partial charge in [-0.05, 0) is 38.1 Å². The van der Waals surface area contributed by atoms with Crippen molar-refractivity contribution >= 4 is 24.0 Å². The van der Waals surface area contributed by atoms with Crippen molar-refractivity contribution in [1.82, 2.24) is 20.4 Å². The monoisotopic (exact) mass is 393 g/mol. The van der Waals surface area contributed by atoms with E-state index >= 15 is 0 Å². The summed E-state index contributed by atoms with van der Waals surface area (Å²) in [5, 5.41) is 10.4. The Morgan fingerprint density at radius 3 is 3.07 bits per heavy atom. The smallest absolute Gasteiger partial charge is 0.258 e. The van der Waals surface area contributed by atoms with Gasteiger partial charge < -0.3 is 19.9 Å². The minimum atomic E-state index is -0.358. The highest BCUT2D eigenvalue weighted by Crippen LogP contribution is 2.25.